The van der Waals surface area contributed by atoms with Crippen LogP contribution in [0.5, 0.6) is 5.75 Å². The number of carbonyl (C=O) groups excluding carboxylic acids is 1. The third kappa shape index (κ3) is 7.61. The number of esters is 1. The van der Waals surface area contributed by atoms with Gasteiger partial charge in [0.25, 0.3) is 0 Å². The molecule has 0 unspecified atom stereocenters. The molecule has 30 heavy (non-hydrogen) atoms. The minimum absolute atomic E-state index is 0.0645. The highest BCUT2D eigenvalue weighted by Crippen LogP contribution is 2.15. The number of nitrogens with zero attached hydrogens (tertiary/aromatic N) is 2. The number of benzene rings is 1. The highest BCUT2D eigenvalue weighted by molar-refractivity contribution is 5.87. The Morgan fingerprint density at radius 1 is 1.27 bits per heavy atom. The molecular formula is C24H30N2O4. The van der Waals surface area contributed by atoms with E-state index in [0.29, 0.717) is 19.1 Å². The standard InChI is InChI=1S/C24H30N2O4/c1-19(2)15-26-13-14-28-23(16-26)18-30-24(27)11-8-20-6-9-22(10-7-20)29-17-21-5-3-4-12-25-21/h3-12,19,23H,13-18H2,1-2H3/b11-8+/t23-/m1/s1. The van der Waals surface area contributed by atoms with Gasteiger partial charge in [0.05, 0.1) is 12.3 Å². The molecule has 1 aliphatic rings. The summed E-state index contributed by atoms with van der Waals surface area (Å²) in [5.41, 5.74) is 1.77. The Balaban J connectivity index is 1.40. The van der Waals surface area contributed by atoms with Gasteiger partial charge in [-0.2, -0.15) is 0 Å². The van der Waals surface area contributed by atoms with Crippen molar-refractivity contribution in [1.82, 2.24) is 9.88 Å². The number of rotatable bonds is 9. The van der Waals surface area contributed by atoms with Crippen LogP contribution in [0.15, 0.2) is 54.7 Å². The predicted octanol–water partition coefficient (Wildman–Crippen LogP) is 3.57. The maximum Gasteiger partial charge on any atom is 0.330 e. The Bertz CT molecular complexity index is 806. The summed E-state index contributed by atoms with van der Waals surface area (Å²) in [6, 6.07) is 13.3. The largest absolute Gasteiger partial charge is 0.487 e. The highest BCUT2D eigenvalue weighted by atomic mass is 16.6. The molecule has 2 aromatic rings. The van der Waals surface area contributed by atoms with Gasteiger partial charge in [-0.15, -0.1) is 0 Å². The van der Waals surface area contributed by atoms with Crippen LogP contribution < -0.4 is 4.74 Å². The summed E-state index contributed by atoms with van der Waals surface area (Å²) in [5.74, 6) is 0.997. The van der Waals surface area contributed by atoms with E-state index in [1.165, 1.54) is 6.08 Å². The van der Waals surface area contributed by atoms with Crippen LogP contribution in [-0.2, 0) is 20.9 Å². The first-order valence-corrected chi connectivity index (χ1v) is 10.4. The SMILES string of the molecule is CC(C)CN1CCO[C@@H](COC(=O)/C=C/c2ccc(OCc3ccccn3)cc2)C1. The summed E-state index contributed by atoms with van der Waals surface area (Å²) in [4.78, 5) is 18.6. The van der Waals surface area contributed by atoms with Crippen LogP contribution in [0.3, 0.4) is 0 Å². The molecule has 1 aromatic heterocycles. The monoisotopic (exact) mass is 410 g/mol. The molecular weight excluding hydrogens is 380 g/mol. The molecule has 6 nitrogen and oxygen atoms in total. The van der Waals surface area contributed by atoms with Gasteiger partial charge >= 0.3 is 5.97 Å². The molecule has 0 amide bonds. The number of hydrogen-bond donors (Lipinski definition) is 0. The van der Waals surface area contributed by atoms with Crippen molar-refractivity contribution in [3.05, 3.63) is 66.0 Å². The number of ether oxygens (including phenoxy) is 3. The Kier molecular flexibility index (Phi) is 8.41. The Hall–Kier alpha value is -2.70. The molecule has 0 spiro atoms. The molecule has 3 rings (SSSR count). The summed E-state index contributed by atoms with van der Waals surface area (Å²) < 4.78 is 16.8. The van der Waals surface area contributed by atoms with E-state index in [1.807, 2.05) is 42.5 Å². The van der Waals surface area contributed by atoms with Gasteiger partial charge < -0.3 is 14.2 Å². The van der Waals surface area contributed by atoms with Crippen LogP contribution >= 0.6 is 0 Å². The minimum Gasteiger partial charge on any atom is -0.487 e. The average molecular weight is 411 g/mol. The van der Waals surface area contributed by atoms with Crippen molar-refractivity contribution in [2.24, 2.45) is 5.92 Å². The van der Waals surface area contributed by atoms with Gasteiger partial charge in [-0.1, -0.05) is 32.0 Å². The van der Waals surface area contributed by atoms with Crippen LogP contribution in [0.4, 0.5) is 0 Å². The second-order valence-corrected chi connectivity index (χ2v) is 7.79. The molecule has 160 valence electrons. The lowest BCUT2D eigenvalue weighted by Crippen LogP contribution is -2.45. The van der Waals surface area contributed by atoms with E-state index >= 15 is 0 Å². The zero-order chi connectivity index (χ0) is 21.2. The predicted molar refractivity (Wildman–Crippen MR) is 116 cm³/mol. The first kappa shape index (κ1) is 22.0. The van der Waals surface area contributed by atoms with Crippen molar-refractivity contribution < 1.29 is 19.0 Å². The lowest BCUT2D eigenvalue weighted by atomic mass is 10.2. The first-order valence-electron chi connectivity index (χ1n) is 10.4. The average Bonchev–Trinajstić information content (AvgIpc) is 2.76. The number of aromatic nitrogens is 1. The highest BCUT2D eigenvalue weighted by Gasteiger charge is 2.21. The molecule has 6 heteroatoms. The van der Waals surface area contributed by atoms with E-state index in [2.05, 4.69) is 23.7 Å². The Morgan fingerprint density at radius 2 is 2.10 bits per heavy atom. The van der Waals surface area contributed by atoms with Gasteiger partial charge in [0, 0.05) is 31.9 Å². The number of pyridine rings is 1. The van der Waals surface area contributed by atoms with Crippen LogP contribution in [0.25, 0.3) is 6.08 Å². The second-order valence-electron chi connectivity index (χ2n) is 7.79. The molecule has 0 radical (unpaired) electrons. The number of carbonyl (C=O) groups is 1. The topological polar surface area (TPSA) is 60.9 Å². The fraction of sp³-hybridized carbons (Fsp3) is 0.417. The van der Waals surface area contributed by atoms with Gasteiger partial charge in [-0.05, 0) is 41.8 Å². The van der Waals surface area contributed by atoms with Gasteiger partial charge in [-0.25, -0.2) is 4.79 Å². The third-order valence-corrected chi connectivity index (χ3v) is 4.66. The van der Waals surface area contributed by atoms with Crippen molar-refractivity contribution >= 4 is 12.0 Å². The van der Waals surface area contributed by atoms with Crippen molar-refractivity contribution in [1.29, 1.82) is 0 Å². The van der Waals surface area contributed by atoms with Crippen molar-refractivity contribution in [3.8, 4) is 5.75 Å². The molecule has 1 atom stereocenters. The lowest BCUT2D eigenvalue weighted by Gasteiger charge is -2.33. The quantitative estimate of drug-likeness (QED) is 0.465. The number of morpholine rings is 1. The summed E-state index contributed by atoms with van der Waals surface area (Å²) in [7, 11) is 0. The molecule has 0 bridgehead atoms. The van der Waals surface area contributed by atoms with Gasteiger partial charge in [-0.3, -0.25) is 9.88 Å². The fourth-order valence-electron chi connectivity index (χ4n) is 3.27. The Labute approximate surface area is 178 Å². The molecule has 0 saturated carbocycles. The van der Waals surface area contributed by atoms with Crippen LogP contribution in [0.1, 0.15) is 25.1 Å². The molecule has 0 aliphatic carbocycles. The van der Waals surface area contributed by atoms with Gasteiger partial charge in [0.2, 0.25) is 0 Å². The summed E-state index contributed by atoms with van der Waals surface area (Å²) >= 11 is 0. The maximum atomic E-state index is 12.0. The molecule has 2 heterocycles. The third-order valence-electron chi connectivity index (χ3n) is 4.66. The minimum atomic E-state index is -0.366. The smallest absolute Gasteiger partial charge is 0.330 e. The van der Waals surface area contributed by atoms with Crippen LogP contribution in [-0.4, -0.2) is 54.8 Å². The lowest BCUT2D eigenvalue weighted by molar-refractivity contribution is -0.144. The van der Waals surface area contributed by atoms with E-state index in [4.69, 9.17) is 14.2 Å². The molecule has 1 saturated heterocycles. The van der Waals surface area contributed by atoms with Gasteiger partial charge in [0.15, 0.2) is 0 Å². The second kappa shape index (κ2) is 11.5. The van der Waals surface area contributed by atoms with E-state index in [0.717, 1.165) is 36.6 Å². The van der Waals surface area contributed by atoms with E-state index in [9.17, 15) is 4.79 Å². The molecule has 1 aliphatic heterocycles. The molecule has 1 fully saturated rings. The maximum absolute atomic E-state index is 12.0. The van der Waals surface area contributed by atoms with Gasteiger partial charge in [0.1, 0.15) is 25.1 Å². The molecule has 1 aromatic carbocycles. The summed E-state index contributed by atoms with van der Waals surface area (Å²) in [6.07, 6.45) is 4.86. The van der Waals surface area contributed by atoms with E-state index < -0.39 is 0 Å². The first-order chi connectivity index (χ1) is 14.6. The summed E-state index contributed by atoms with van der Waals surface area (Å²) in [6.45, 7) is 8.55. The molecule has 0 N–H and O–H groups in total. The summed E-state index contributed by atoms with van der Waals surface area (Å²) in [5, 5.41) is 0. The van der Waals surface area contributed by atoms with Crippen molar-refractivity contribution in [2.75, 3.05) is 32.8 Å². The van der Waals surface area contributed by atoms with Crippen LogP contribution in [0.2, 0.25) is 0 Å². The fourth-order valence-corrected chi connectivity index (χ4v) is 3.27. The van der Waals surface area contributed by atoms with Crippen LogP contribution in [0, 0.1) is 5.92 Å². The Morgan fingerprint density at radius 3 is 2.83 bits per heavy atom. The normalized spacial score (nSPS) is 17.4. The van der Waals surface area contributed by atoms with E-state index in [1.54, 1.807) is 12.3 Å². The van der Waals surface area contributed by atoms with Crippen molar-refractivity contribution in [2.45, 2.75) is 26.6 Å². The van der Waals surface area contributed by atoms with Crippen molar-refractivity contribution in [3.63, 3.8) is 0 Å². The van der Waals surface area contributed by atoms with E-state index in [-0.39, 0.29) is 18.7 Å². The zero-order valence-corrected chi connectivity index (χ0v) is 17.7. The zero-order valence-electron chi connectivity index (χ0n) is 17.7. The number of hydrogen-bond acceptors (Lipinski definition) is 6.